The van der Waals surface area contributed by atoms with E-state index < -0.39 is 0 Å². The molecule has 4 unspecified atom stereocenters. The Labute approximate surface area is 106 Å². The van der Waals surface area contributed by atoms with E-state index >= 15 is 0 Å². The maximum atomic E-state index is 3.54. The highest BCUT2D eigenvalue weighted by atomic mass is 15.2. The zero-order chi connectivity index (χ0) is 11.7. The summed E-state index contributed by atoms with van der Waals surface area (Å²) in [6.07, 6.45) is 5.65. The van der Waals surface area contributed by atoms with Gasteiger partial charge in [0.05, 0.1) is 0 Å². The van der Waals surface area contributed by atoms with Crippen molar-refractivity contribution in [3.8, 4) is 0 Å². The van der Waals surface area contributed by atoms with E-state index in [9.17, 15) is 0 Å². The maximum Gasteiger partial charge on any atom is 0.0145 e. The van der Waals surface area contributed by atoms with E-state index in [1.807, 2.05) is 0 Å². The Morgan fingerprint density at radius 3 is 2.94 bits per heavy atom. The van der Waals surface area contributed by atoms with Crippen LogP contribution < -0.4 is 5.32 Å². The van der Waals surface area contributed by atoms with Crippen molar-refractivity contribution in [1.29, 1.82) is 0 Å². The molecule has 0 amide bonds. The Morgan fingerprint density at radius 1 is 1.24 bits per heavy atom. The molecule has 3 fully saturated rings. The first-order valence-corrected chi connectivity index (χ1v) is 7.46. The first kappa shape index (κ1) is 11.9. The van der Waals surface area contributed by atoms with Gasteiger partial charge < -0.3 is 15.1 Å². The molecule has 17 heavy (non-hydrogen) atoms. The Balaban J connectivity index is 1.52. The minimum Gasteiger partial charge on any atom is -0.316 e. The molecule has 3 heteroatoms. The molecule has 0 aromatic heterocycles. The van der Waals surface area contributed by atoms with Crippen molar-refractivity contribution in [2.75, 3.05) is 46.3 Å². The third-order valence-corrected chi connectivity index (χ3v) is 5.11. The number of nitrogens with one attached hydrogen (secondary N) is 1. The topological polar surface area (TPSA) is 18.5 Å². The van der Waals surface area contributed by atoms with Crippen LogP contribution in [0, 0.1) is 11.8 Å². The average Bonchev–Trinajstić information content (AvgIpc) is 2.72. The summed E-state index contributed by atoms with van der Waals surface area (Å²) in [6, 6.07) is 0.871. The molecule has 3 heterocycles. The number of hydrogen-bond acceptors (Lipinski definition) is 3. The third kappa shape index (κ3) is 2.67. The second-order valence-corrected chi connectivity index (χ2v) is 6.36. The number of rotatable bonds is 3. The van der Waals surface area contributed by atoms with Crippen molar-refractivity contribution in [1.82, 2.24) is 15.1 Å². The molecule has 3 saturated heterocycles. The normalized spacial score (nSPS) is 42.0. The largest absolute Gasteiger partial charge is 0.316 e. The Morgan fingerprint density at radius 2 is 2.12 bits per heavy atom. The van der Waals surface area contributed by atoms with Gasteiger partial charge in [-0.05, 0) is 70.7 Å². The molecule has 3 rings (SSSR count). The van der Waals surface area contributed by atoms with Crippen LogP contribution in [0.25, 0.3) is 0 Å². The first-order chi connectivity index (χ1) is 8.33. The Kier molecular flexibility index (Phi) is 3.69. The van der Waals surface area contributed by atoms with E-state index in [1.165, 1.54) is 65.0 Å². The summed E-state index contributed by atoms with van der Waals surface area (Å²) in [7, 11) is 2.37. The van der Waals surface area contributed by atoms with Gasteiger partial charge in [-0.15, -0.1) is 0 Å². The van der Waals surface area contributed by atoms with Gasteiger partial charge in [-0.25, -0.2) is 0 Å². The number of nitrogens with zero attached hydrogens (tertiary/aromatic N) is 2. The molecule has 1 N–H and O–H groups in total. The van der Waals surface area contributed by atoms with E-state index in [0.29, 0.717) is 0 Å². The number of hydrogen-bond donors (Lipinski definition) is 1. The molecule has 0 saturated carbocycles. The summed E-state index contributed by atoms with van der Waals surface area (Å²) < 4.78 is 0. The first-order valence-electron chi connectivity index (χ1n) is 7.46. The molecule has 0 aromatic rings. The molecule has 3 aliphatic heterocycles. The summed E-state index contributed by atoms with van der Waals surface area (Å²) in [5, 5.41) is 3.54. The predicted molar refractivity (Wildman–Crippen MR) is 71.2 cm³/mol. The molecular weight excluding hydrogens is 210 g/mol. The summed E-state index contributed by atoms with van der Waals surface area (Å²) in [5.41, 5.74) is 0. The van der Waals surface area contributed by atoms with E-state index in [4.69, 9.17) is 0 Å². The van der Waals surface area contributed by atoms with Crippen LogP contribution >= 0.6 is 0 Å². The van der Waals surface area contributed by atoms with Crippen molar-refractivity contribution in [3.63, 3.8) is 0 Å². The van der Waals surface area contributed by atoms with Crippen molar-refractivity contribution < 1.29 is 0 Å². The second-order valence-electron chi connectivity index (χ2n) is 6.36. The van der Waals surface area contributed by atoms with Gasteiger partial charge in [-0.3, -0.25) is 0 Å². The van der Waals surface area contributed by atoms with Crippen LogP contribution in [0.15, 0.2) is 0 Å². The van der Waals surface area contributed by atoms with Crippen molar-refractivity contribution in [3.05, 3.63) is 0 Å². The van der Waals surface area contributed by atoms with E-state index in [0.717, 1.165) is 17.9 Å². The fraction of sp³-hybridized carbons (Fsp3) is 1.00. The maximum absolute atomic E-state index is 3.54. The van der Waals surface area contributed by atoms with Crippen molar-refractivity contribution in [2.24, 2.45) is 11.8 Å². The van der Waals surface area contributed by atoms with Crippen LogP contribution in [-0.4, -0.2) is 62.2 Å². The smallest absolute Gasteiger partial charge is 0.0145 e. The molecule has 98 valence electrons. The monoisotopic (exact) mass is 237 g/mol. The molecule has 0 aromatic carbocycles. The van der Waals surface area contributed by atoms with Crippen LogP contribution in [0.3, 0.4) is 0 Å². The van der Waals surface area contributed by atoms with Crippen LogP contribution in [-0.2, 0) is 0 Å². The van der Waals surface area contributed by atoms with E-state index in [2.05, 4.69) is 22.2 Å². The lowest BCUT2D eigenvalue weighted by atomic mass is 9.91. The number of fused-ring (bicyclic) bond motifs is 2. The molecule has 3 nitrogen and oxygen atoms in total. The van der Waals surface area contributed by atoms with Gasteiger partial charge in [0.1, 0.15) is 0 Å². The lowest BCUT2D eigenvalue weighted by molar-refractivity contribution is 0.103. The Bertz CT molecular complexity index is 250. The molecule has 4 atom stereocenters. The zero-order valence-electron chi connectivity index (χ0n) is 11.2. The fourth-order valence-corrected chi connectivity index (χ4v) is 4.13. The SMILES string of the molecule is CN(CC1CCCNC1)C1CCN2CCC1C2. The highest BCUT2D eigenvalue weighted by Crippen LogP contribution is 2.30. The molecule has 3 aliphatic rings. The predicted octanol–water partition coefficient (Wildman–Crippen LogP) is 1.01. The second kappa shape index (κ2) is 5.25. The summed E-state index contributed by atoms with van der Waals surface area (Å²) in [6.45, 7) is 7.87. The van der Waals surface area contributed by atoms with Crippen LogP contribution in [0.4, 0.5) is 0 Å². The third-order valence-electron chi connectivity index (χ3n) is 5.11. The molecule has 0 spiro atoms. The van der Waals surface area contributed by atoms with Crippen LogP contribution in [0.1, 0.15) is 25.7 Å². The van der Waals surface area contributed by atoms with Gasteiger partial charge in [0.2, 0.25) is 0 Å². The molecule has 0 aliphatic carbocycles. The van der Waals surface area contributed by atoms with Gasteiger partial charge in [-0.2, -0.15) is 0 Å². The standard InChI is InChI=1S/C14H27N3/c1-16(10-12-3-2-6-15-9-12)14-5-8-17-7-4-13(14)11-17/h12-15H,2-11H2,1H3. The quantitative estimate of drug-likeness (QED) is 0.790. The van der Waals surface area contributed by atoms with Gasteiger partial charge in [-0.1, -0.05) is 0 Å². The van der Waals surface area contributed by atoms with Crippen molar-refractivity contribution in [2.45, 2.75) is 31.7 Å². The van der Waals surface area contributed by atoms with Crippen molar-refractivity contribution >= 4 is 0 Å². The minimum absolute atomic E-state index is 0.871. The van der Waals surface area contributed by atoms with Gasteiger partial charge >= 0.3 is 0 Å². The Hall–Kier alpha value is -0.120. The van der Waals surface area contributed by atoms with Crippen LogP contribution in [0.5, 0.6) is 0 Å². The highest BCUT2D eigenvalue weighted by Gasteiger charge is 2.36. The fourth-order valence-electron chi connectivity index (χ4n) is 4.13. The average molecular weight is 237 g/mol. The van der Waals surface area contributed by atoms with Gasteiger partial charge in [0, 0.05) is 19.1 Å². The van der Waals surface area contributed by atoms with Crippen LogP contribution in [0.2, 0.25) is 0 Å². The van der Waals surface area contributed by atoms with Gasteiger partial charge in [0.15, 0.2) is 0 Å². The summed E-state index contributed by atoms with van der Waals surface area (Å²) in [4.78, 5) is 5.34. The summed E-state index contributed by atoms with van der Waals surface area (Å²) >= 11 is 0. The van der Waals surface area contributed by atoms with E-state index in [-0.39, 0.29) is 0 Å². The molecule has 2 bridgehead atoms. The lowest BCUT2D eigenvalue weighted by Gasteiger charge is -2.39. The lowest BCUT2D eigenvalue weighted by Crippen LogP contribution is -2.47. The van der Waals surface area contributed by atoms with Gasteiger partial charge in [0.25, 0.3) is 0 Å². The minimum atomic E-state index is 0.871. The molecule has 0 radical (unpaired) electrons. The zero-order valence-corrected chi connectivity index (χ0v) is 11.2. The van der Waals surface area contributed by atoms with E-state index in [1.54, 1.807) is 0 Å². The number of piperidine rings is 2. The summed E-state index contributed by atoms with van der Waals surface area (Å²) in [5.74, 6) is 1.86. The highest BCUT2D eigenvalue weighted by molar-refractivity contribution is 4.91. The molecular formula is C14H27N3.